The van der Waals surface area contributed by atoms with Gasteiger partial charge in [0, 0.05) is 5.56 Å². The molecule has 0 radical (unpaired) electrons. The van der Waals surface area contributed by atoms with Gasteiger partial charge in [-0.1, -0.05) is 42.5 Å². The largest absolute Gasteiger partial charge is 0.388 e. The smallest absolute Gasteiger partial charge is 0.181 e. The Morgan fingerprint density at radius 3 is 2.71 bits per heavy atom. The minimum Gasteiger partial charge on any atom is -0.388 e. The van der Waals surface area contributed by atoms with Crippen LogP contribution < -0.4 is 0 Å². The van der Waals surface area contributed by atoms with Gasteiger partial charge in [-0.3, -0.25) is 5.10 Å². The lowest BCUT2D eigenvalue weighted by molar-refractivity contribution is 0.272. The molecule has 1 heterocycles. The number of rotatable bonds is 2. The number of aromatic nitrogens is 3. The topological polar surface area (TPSA) is 61.8 Å². The minimum absolute atomic E-state index is 0.127. The lowest BCUT2D eigenvalue weighted by Crippen LogP contribution is -1.85. The highest BCUT2D eigenvalue weighted by Crippen LogP contribution is 2.25. The van der Waals surface area contributed by atoms with Crippen molar-refractivity contribution in [3.05, 3.63) is 48.3 Å². The first-order valence-corrected chi connectivity index (χ1v) is 5.39. The summed E-state index contributed by atoms with van der Waals surface area (Å²) < 4.78 is 0. The van der Waals surface area contributed by atoms with Gasteiger partial charge in [0.25, 0.3) is 0 Å². The van der Waals surface area contributed by atoms with E-state index in [0.717, 1.165) is 16.3 Å². The Bertz CT molecular complexity index is 655. The van der Waals surface area contributed by atoms with Gasteiger partial charge in [0.05, 0.1) is 0 Å². The fourth-order valence-electron chi connectivity index (χ4n) is 1.91. The third-order valence-corrected chi connectivity index (χ3v) is 2.71. The van der Waals surface area contributed by atoms with Crippen LogP contribution >= 0.6 is 0 Å². The lowest BCUT2D eigenvalue weighted by atomic mass is 10.0. The van der Waals surface area contributed by atoms with Crippen molar-refractivity contribution in [1.29, 1.82) is 0 Å². The molecule has 0 aliphatic carbocycles. The molecular formula is C13H11N3O. The molecule has 3 aromatic rings. The Morgan fingerprint density at radius 2 is 1.88 bits per heavy atom. The number of aliphatic hydroxyl groups is 1. The van der Waals surface area contributed by atoms with Gasteiger partial charge in [0.1, 0.15) is 6.61 Å². The zero-order valence-electron chi connectivity index (χ0n) is 9.09. The fraction of sp³-hybridized carbons (Fsp3) is 0.0769. The number of aromatic amines is 1. The lowest BCUT2D eigenvalue weighted by Gasteiger charge is -2.01. The van der Waals surface area contributed by atoms with Crippen LogP contribution in [0, 0.1) is 0 Å². The van der Waals surface area contributed by atoms with E-state index in [9.17, 15) is 0 Å². The van der Waals surface area contributed by atoms with Crippen LogP contribution in [0.3, 0.4) is 0 Å². The second-order valence-corrected chi connectivity index (χ2v) is 3.79. The van der Waals surface area contributed by atoms with Crippen LogP contribution in [0.4, 0.5) is 0 Å². The highest BCUT2D eigenvalue weighted by Gasteiger charge is 2.08. The first-order chi connectivity index (χ1) is 8.38. The van der Waals surface area contributed by atoms with Gasteiger partial charge < -0.3 is 5.11 Å². The van der Waals surface area contributed by atoms with Crippen molar-refractivity contribution in [3.8, 4) is 11.4 Å². The Morgan fingerprint density at radius 1 is 1.06 bits per heavy atom. The number of nitrogens with zero attached hydrogens (tertiary/aromatic N) is 2. The maximum atomic E-state index is 8.98. The summed E-state index contributed by atoms with van der Waals surface area (Å²) in [6.45, 7) is -0.127. The summed E-state index contributed by atoms with van der Waals surface area (Å²) in [6, 6.07) is 14.1. The van der Waals surface area contributed by atoms with Gasteiger partial charge in [-0.15, -0.1) is 0 Å². The normalized spacial score (nSPS) is 10.9. The highest BCUT2D eigenvalue weighted by atomic mass is 16.3. The van der Waals surface area contributed by atoms with Crippen LogP contribution in [0.1, 0.15) is 5.82 Å². The second kappa shape index (κ2) is 3.99. The molecule has 0 unspecified atom stereocenters. The molecule has 2 aromatic carbocycles. The van der Waals surface area contributed by atoms with E-state index in [1.54, 1.807) is 0 Å². The molecule has 0 saturated heterocycles. The maximum Gasteiger partial charge on any atom is 0.181 e. The predicted molar refractivity (Wildman–Crippen MR) is 65.2 cm³/mol. The monoisotopic (exact) mass is 225 g/mol. The SMILES string of the molecule is OCc1nc(-c2cccc3ccccc23)n[nH]1. The van der Waals surface area contributed by atoms with Gasteiger partial charge in [-0.25, -0.2) is 4.98 Å². The van der Waals surface area contributed by atoms with Crippen LogP contribution in [0.2, 0.25) is 0 Å². The molecule has 2 N–H and O–H groups in total. The van der Waals surface area contributed by atoms with Crippen LogP contribution in [0.15, 0.2) is 42.5 Å². The summed E-state index contributed by atoms with van der Waals surface area (Å²) in [5.74, 6) is 1.10. The third-order valence-electron chi connectivity index (χ3n) is 2.71. The van der Waals surface area contributed by atoms with Crippen molar-refractivity contribution in [2.75, 3.05) is 0 Å². The highest BCUT2D eigenvalue weighted by molar-refractivity contribution is 5.94. The molecule has 0 amide bonds. The number of aliphatic hydroxyl groups excluding tert-OH is 1. The van der Waals surface area contributed by atoms with Crippen LogP contribution in [-0.4, -0.2) is 20.3 Å². The summed E-state index contributed by atoms with van der Waals surface area (Å²) in [5, 5.41) is 18.1. The van der Waals surface area contributed by atoms with Crippen molar-refractivity contribution in [2.45, 2.75) is 6.61 Å². The summed E-state index contributed by atoms with van der Waals surface area (Å²) in [6.07, 6.45) is 0. The van der Waals surface area contributed by atoms with Gasteiger partial charge in [0.2, 0.25) is 0 Å². The van der Waals surface area contributed by atoms with Crippen molar-refractivity contribution in [1.82, 2.24) is 15.2 Å². The number of hydrogen-bond donors (Lipinski definition) is 2. The van der Waals surface area contributed by atoms with Gasteiger partial charge >= 0.3 is 0 Å². The average molecular weight is 225 g/mol. The zero-order chi connectivity index (χ0) is 11.7. The van der Waals surface area contributed by atoms with Crippen molar-refractivity contribution < 1.29 is 5.11 Å². The molecule has 1 aromatic heterocycles. The first kappa shape index (κ1) is 9.99. The molecule has 17 heavy (non-hydrogen) atoms. The molecule has 0 aliphatic heterocycles. The quantitative estimate of drug-likeness (QED) is 0.702. The summed E-state index contributed by atoms with van der Waals surface area (Å²) in [4.78, 5) is 4.23. The van der Waals surface area contributed by atoms with E-state index in [0.29, 0.717) is 11.6 Å². The number of fused-ring (bicyclic) bond motifs is 1. The van der Waals surface area contributed by atoms with Crippen molar-refractivity contribution in [3.63, 3.8) is 0 Å². The standard InChI is InChI=1S/C13H11N3O/c17-8-12-14-13(16-15-12)11-7-3-5-9-4-1-2-6-10(9)11/h1-7,17H,8H2,(H,14,15,16). The van der Waals surface area contributed by atoms with Gasteiger partial charge in [-0.05, 0) is 10.8 Å². The fourth-order valence-corrected chi connectivity index (χ4v) is 1.91. The van der Waals surface area contributed by atoms with Gasteiger partial charge in [0.15, 0.2) is 11.6 Å². The van der Waals surface area contributed by atoms with Crippen molar-refractivity contribution >= 4 is 10.8 Å². The van der Waals surface area contributed by atoms with E-state index in [1.807, 2.05) is 30.3 Å². The number of nitrogens with one attached hydrogen (secondary N) is 1. The molecule has 0 spiro atoms. The van der Waals surface area contributed by atoms with Crippen LogP contribution in [0.25, 0.3) is 22.2 Å². The first-order valence-electron chi connectivity index (χ1n) is 5.39. The van der Waals surface area contributed by atoms with Crippen LogP contribution in [0.5, 0.6) is 0 Å². The maximum absolute atomic E-state index is 8.98. The molecule has 0 saturated carbocycles. The van der Waals surface area contributed by atoms with Crippen LogP contribution in [-0.2, 0) is 6.61 Å². The van der Waals surface area contributed by atoms with E-state index in [-0.39, 0.29) is 6.61 Å². The molecule has 4 heteroatoms. The molecule has 0 fully saturated rings. The molecule has 0 aliphatic rings. The van der Waals surface area contributed by atoms with Crippen molar-refractivity contribution in [2.24, 2.45) is 0 Å². The molecule has 3 rings (SSSR count). The Labute approximate surface area is 97.9 Å². The van der Waals surface area contributed by atoms with Gasteiger partial charge in [-0.2, -0.15) is 5.10 Å². The van der Waals surface area contributed by atoms with E-state index >= 15 is 0 Å². The van der Waals surface area contributed by atoms with E-state index < -0.39 is 0 Å². The Kier molecular flexibility index (Phi) is 2.34. The van der Waals surface area contributed by atoms with E-state index in [1.165, 1.54) is 0 Å². The number of H-pyrrole nitrogens is 1. The average Bonchev–Trinajstić information content (AvgIpc) is 2.87. The minimum atomic E-state index is -0.127. The third kappa shape index (κ3) is 1.68. The molecule has 84 valence electrons. The van der Waals surface area contributed by atoms with E-state index in [4.69, 9.17) is 5.11 Å². The summed E-state index contributed by atoms with van der Waals surface area (Å²) >= 11 is 0. The molecule has 0 atom stereocenters. The second-order valence-electron chi connectivity index (χ2n) is 3.79. The number of benzene rings is 2. The number of hydrogen-bond acceptors (Lipinski definition) is 3. The summed E-state index contributed by atoms with van der Waals surface area (Å²) in [7, 11) is 0. The molecular weight excluding hydrogens is 214 g/mol. The predicted octanol–water partition coefficient (Wildman–Crippen LogP) is 2.12. The molecule has 0 bridgehead atoms. The summed E-state index contributed by atoms with van der Waals surface area (Å²) in [5.41, 5.74) is 0.971. The Balaban J connectivity index is 2.23. The molecule has 4 nitrogen and oxygen atoms in total. The Hall–Kier alpha value is -2.20. The van der Waals surface area contributed by atoms with E-state index in [2.05, 4.69) is 27.3 Å². The zero-order valence-corrected chi connectivity index (χ0v) is 9.09.